The summed E-state index contributed by atoms with van der Waals surface area (Å²) in [6.45, 7) is 0.369. The molecule has 0 spiro atoms. The fourth-order valence-corrected chi connectivity index (χ4v) is 1.28. The van der Waals surface area contributed by atoms with Gasteiger partial charge in [0.1, 0.15) is 6.54 Å². The van der Waals surface area contributed by atoms with E-state index in [-0.39, 0.29) is 12.6 Å². The van der Waals surface area contributed by atoms with Crippen LogP contribution in [0.5, 0.6) is 0 Å². The van der Waals surface area contributed by atoms with Crippen molar-refractivity contribution in [3.8, 4) is 0 Å². The first-order chi connectivity index (χ1) is 8.08. The molecule has 1 atom stereocenters. The van der Waals surface area contributed by atoms with Gasteiger partial charge in [-0.25, -0.2) is 4.79 Å². The number of carbonyl (C=O) groups is 3. The van der Waals surface area contributed by atoms with E-state index in [1.54, 1.807) is 0 Å². The Hall–Kier alpha value is -1.83. The maximum atomic E-state index is 11.3. The van der Waals surface area contributed by atoms with Gasteiger partial charge in [-0.1, -0.05) is 0 Å². The molecule has 0 aromatic rings. The molecular formula is C9H15N3O5. The second-order valence-corrected chi connectivity index (χ2v) is 3.56. The minimum Gasteiger partial charge on any atom is -0.480 e. The maximum Gasteiger partial charge on any atom is 0.322 e. The molecule has 96 valence electrons. The standard InChI is InChI=1S/C9H15N3O5/c13-7(10-4-8(14)15)3-11-9(16)12-6-1-2-17-5-6/h6H,1-5H2,(H,10,13)(H,14,15)(H2,11,12,16). The van der Waals surface area contributed by atoms with Crippen LogP contribution in [0.3, 0.4) is 0 Å². The highest BCUT2D eigenvalue weighted by atomic mass is 16.5. The number of urea groups is 1. The van der Waals surface area contributed by atoms with Gasteiger partial charge >= 0.3 is 12.0 Å². The molecule has 8 nitrogen and oxygen atoms in total. The SMILES string of the molecule is O=C(O)CNC(=O)CNC(=O)NC1CCOC1. The topological polar surface area (TPSA) is 117 Å². The molecule has 1 fully saturated rings. The minimum absolute atomic E-state index is 0.0305. The van der Waals surface area contributed by atoms with Crippen molar-refractivity contribution in [1.82, 2.24) is 16.0 Å². The van der Waals surface area contributed by atoms with Crippen molar-refractivity contribution in [2.75, 3.05) is 26.3 Å². The Bertz CT molecular complexity index is 301. The maximum absolute atomic E-state index is 11.3. The van der Waals surface area contributed by atoms with Crippen molar-refractivity contribution in [1.29, 1.82) is 0 Å². The van der Waals surface area contributed by atoms with Crippen molar-refractivity contribution in [2.45, 2.75) is 12.5 Å². The van der Waals surface area contributed by atoms with E-state index in [0.717, 1.165) is 6.42 Å². The molecule has 0 aliphatic carbocycles. The van der Waals surface area contributed by atoms with Crippen molar-refractivity contribution < 1.29 is 24.2 Å². The van der Waals surface area contributed by atoms with Crippen LogP contribution in [-0.4, -0.2) is 55.4 Å². The number of carbonyl (C=O) groups excluding carboxylic acids is 2. The van der Waals surface area contributed by atoms with Gasteiger partial charge in [0.05, 0.1) is 19.2 Å². The van der Waals surface area contributed by atoms with E-state index < -0.39 is 24.5 Å². The largest absolute Gasteiger partial charge is 0.480 e. The highest BCUT2D eigenvalue weighted by molar-refractivity contribution is 5.86. The Morgan fingerprint density at radius 2 is 2.00 bits per heavy atom. The fourth-order valence-electron chi connectivity index (χ4n) is 1.28. The number of hydrogen-bond donors (Lipinski definition) is 4. The summed E-state index contributed by atoms with van der Waals surface area (Å²) in [6, 6.07) is -0.497. The molecular weight excluding hydrogens is 230 g/mol. The van der Waals surface area contributed by atoms with Crippen molar-refractivity contribution >= 4 is 17.9 Å². The van der Waals surface area contributed by atoms with Gasteiger partial charge in [0.2, 0.25) is 5.91 Å². The zero-order valence-electron chi connectivity index (χ0n) is 9.19. The van der Waals surface area contributed by atoms with Gasteiger partial charge in [-0.2, -0.15) is 0 Å². The van der Waals surface area contributed by atoms with Crippen LogP contribution in [-0.2, 0) is 14.3 Å². The third kappa shape index (κ3) is 5.71. The highest BCUT2D eigenvalue weighted by Crippen LogP contribution is 2.02. The van der Waals surface area contributed by atoms with Crippen molar-refractivity contribution in [2.24, 2.45) is 0 Å². The molecule has 4 N–H and O–H groups in total. The highest BCUT2D eigenvalue weighted by Gasteiger charge is 2.17. The summed E-state index contributed by atoms with van der Waals surface area (Å²) in [5.41, 5.74) is 0. The van der Waals surface area contributed by atoms with E-state index in [9.17, 15) is 14.4 Å². The predicted molar refractivity (Wildman–Crippen MR) is 56.4 cm³/mol. The first-order valence-electron chi connectivity index (χ1n) is 5.18. The number of aliphatic carboxylic acids is 1. The van der Waals surface area contributed by atoms with E-state index in [2.05, 4.69) is 16.0 Å². The average Bonchev–Trinajstić information content (AvgIpc) is 2.76. The van der Waals surface area contributed by atoms with Gasteiger partial charge in [-0.15, -0.1) is 0 Å². The quantitative estimate of drug-likeness (QED) is 0.459. The molecule has 0 bridgehead atoms. The van der Waals surface area contributed by atoms with Crippen LogP contribution in [0.1, 0.15) is 6.42 Å². The van der Waals surface area contributed by atoms with Crippen LogP contribution >= 0.6 is 0 Å². The molecule has 1 unspecified atom stereocenters. The van der Waals surface area contributed by atoms with Crippen molar-refractivity contribution in [3.63, 3.8) is 0 Å². The van der Waals surface area contributed by atoms with Gasteiger partial charge in [0.15, 0.2) is 0 Å². The Labute approximate surface area is 97.7 Å². The number of rotatable bonds is 5. The van der Waals surface area contributed by atoms with E-state index in [1.807, 2.05) is 0 Å². The Balaban J connectivity index is 2.10. The van der Waals surface area contributed by atoms with Crippen LogP contribution in [0.2, 0.25) is 0 Å². The second-order valence-electron chi connectivity index (χ2n) is 3.56. The van der Waals surface area contributed by atoms with E-state index in [0.29, 0.717) is 13.2 Å². The number of nitrogens with one attached hydrogen (secondary N) is 3. The number of ether oxygens (including phenoxy) is 1. The summed E-state index contributed by atoms with van der Waals surface area (Å²) < 4.78 is 5.06. The van der Waals surface area contributed by atoms with Crippen LogP contribution < -0.4 is 16.0 Å². The lowest BCUT2D eigenvalue weighted by Crippen LogP contribution is -2.46. The lowest BCUT2D eigenvalue weighted by Gasteiger charge is -2.11. The molecule has 8 heteroatoms. The van der Waals surface area contributed by atoms with Crippen LogP contribution in [0.4, 0.5) is 4.79 Å². The Morgan fingerprint density at radius 3 is 2.59 bits per heavy atom. The molecule has 1 rings (SSSR count). The molecule has 1 aliphatic rings. The molecule has 0 radical (unpaired) electrons. The van der Waals surface area contributed by atoms with Gasteiger partial charge in [-0.3, -0.25) is 9.59 Å². The van der Waals surface area contributed by atoms with Gasteiger partial charge in [0.25, 0.3) is 0 Å². The number of amides is 3. The summed E-state index contributed by atoms with van der Waals surface area (Å²) in [6.07, 6.45) is 0.749. The number of hydrogen-bond acceptors (Lipinski definition) is 4. The zero-order chi connectivity index (χ0) is 12.7. The molecule has 1 aliphatic heterocycles. The molecule has 0 saturated carbocycles. The molecule has 0 aromatic carbocycles. The van der Waals surface area contributed by atoms with Gasteiger partial charge in [0, 0.05) is 6.61 Å². The first-order valence-corrected chi connectivity index (χ1v) is 5.18. The van der Waals surface area contributed by atoms with Crippen LogP contribution in [0.15, 0.2) is 0 Å². The summed E-state index contributed by atoms with van der Waals surface area (Å²) in [5, 5.41) is 15.4. The third-order valence-electron chi connectivity index (χ3n) is 2.11. The predicted octanol–water partition coefficient (Wildman–Crippen LogP) is -1.72. The zero-order valence-corrected chi connectivity index (χ0v) is 9.19. The normalized spacial score (nSPS) is 18.5. The summed E-state index contributed by atoms with van der Waals surface area (Å²) in [7, 11) is 0. The summed E-state index contributed by atoms with van der Waals surface area (Å²) in [4.78, 5) is 32.5. The smallest absolute Gasteiger partial charge is 0.322 e. The van der Waals surface area contributed by atoms with E-state index in [1.165, 1.54) is 0 Å². The lowest BCUT2D eigenvalue weighted by molar-refractivity contribution is -0.137. The lowest BCUT2D eigenvalue weighted by atomic mass is 10.3. The van der Waals surface area contributed by atoms with Crippen LogP contribution in [0, 0.1) is 0 Å². The second kappa shape index (κ2) is 6.69. The molecule has 1 saturated heterocycles. The van der Waals surface area contributed by atoms with Gasteiger partial charge < -0.3 is 25.8 Å². The summed E-state index contributed by atoms with van der Waals surface area (Å²) in [5.74, 6) is -1.68. The van der Waals surface area contributed by atoms with Crippen molar-refractivity contribution in [3.05, 3.63) is 0 Å². The Morgan fingerprint density at radius 1 is 1.24 bits per heavy atom. The molecule has 1 heterocycles. The van der Waals surface area contributed by atoms with E-state index >= 15 is 0 Å². The Kier molecular flexibility index (Phi) is 5.21. The first kappa shape index (κ1) is 13.2. The average molecular weight is 245 g/mol. The van der Waals surface area contributed by atoms with Gasteiger partial charge in [-0.05, 0) is 6.42 Å². The minimum atomic E-state index is -1.13. The van der Waals surface area contributed by atoms with Crippen LogP contribution in [0.25, 0.3) is 0 Å². The molecule has 0 aromatic heterocycles. The molecule has 3 amide bonds. The monoisotopic (exact) mass is 245 g/mol. The number of carboxylic acids is 1. The molecule has 17 heavy (non-hydrogen) atoms. The third-order valence-corrected chi connectivity index (χ3v) is 2.11. The summed E-state index contributed by atoms with van der Waals surface area (Å²) >= 11 is 0. The fraction of sp³-hybridized carbons (Fsp3) is 0.667. The number of carboxylic acid groups (broad SMARTS) is 1. The van der Waals surface area contributed by atoms with E-state index in [4.69, 9.17) is 9.84 Å².